The molecule has 0 aliphatic carbocycles. The van der Waals surface area contributed by atoms with Crippen molar-refractivity contribution in [2.24, 2.45) is 11.8 Å². The number of rotatable bonds is 5. The van der Waals surface area contributed by atoms with Crippen molar-refractivity contribution in [3.05, 3.63) is 22.2 Å². The topological polar surface area (TPSA) is 57.8 Å². The smallest absolute Gasteiger partial charge is 0.252 e. The molecule has 0 saturated carbocycles. The van der Waals surface area contributed by atoms with Gasteiger partial charge in [-0.05, 0) is 11.8 Å². The summed E-state index contributed by atoms with van der Waals surface area (Å²) >= 11 is 0. The van der Waals surface area contributed by atoms with Crippen LogP contribution in [0.15, 0.2) is 10.9 Å². The molecule has 1 aromatic heterocycles. The van der Waals surface area contributed by atoms with Gasteiger partial charge in [-0.2, -0.15) is 0 Å². The first kappa shape index (κ1) is 13.7. The van der Waals surface area contributed by atoms with Crippen LogP contribution in [0.25, 0.3) is 0 Å². The number of aromatic amines is 1. The van der Waals surface area contributed by atoms with E-state index in [-0.39, 0.29) is 11.5 Å². The molecule has 0 fully saturated rings. The molecule has 1 unspecified atom stereocenters. The Bertz CT molecular complexity index is 409. The molecular weight excluding hydrogens is 214 g/mol. The Hall–Kier alpha value is -1.32. The summed E-state index contributed by atoms with van der Waals surface area (Å²) in [6.45, 7) is 11.4. The average Bonchev–Trinajstić information content (AvgIpc) is 2.24. The Morgan fingerprint density at radius 2 is 1.94 bits per heavy atom. The fraction of sp³-hybridized carbons (Fsp3) is 0.692. The van der Waals surface area contributed by atoms with Gasteiger partial charge in [0.15, 0.2) is 0 Å². The number of H-pyrrole nitrogens is 1. The Morgan fingerprint density at radius 3 is 2.47 bits per heavy atom. The van der Waals surface area contributed by atoms with Crippen molar-refractivity contribution >= 4 is 5.82 Å². The number of hydrogen-bond acceptors (Lipinski definition) is 3. The molecule has 0 aromatic carbocycles. The maximum absolute atomic E-state index is 11.5. The van der Waals surface area contributed by atoms with Gasteiger partial charge in [-0.1, -0.05) is 34.6 Å². The standard InChI is InChI=1S/C13H23N3O/c1-8(2)10(5)7-14-11-6-12(17)16-13(15-11)9(3)4/h6,8-10H,7H2,1-5H3,(H2,14,15,16,17). The van der Waals surface area contributed by atoms with Crippen LogP contribution in [0.1, 0.15) is 46.4 Å². The molecule has 1 atom stereocenters. The van der Waals surface area contributed by atoms with Crippen LogP contribution in [0.5, 0.6) is 0 Å². The minimum absolute atomic E-state index is 0.0941. The van der Waals surface area contributed by atoms with E-state index in [9.17, 15) is 4.79 Å². The zero-order chi connectivity index (χ0) is 13.0. The van der Waals surface area contributed by atoms with Gasteiger partial charge in [0, 0.05) is 18.5 Å². The Balaban J connectivity index is 2.75. The number of aromatic nitrogens is 2. The number of nitrogens with one attached hydrogen (secondary N) is 2. The fourth-order valence-electron chi connectivity index (χ4n) is 1.34. The second kappa shape index (κ2) is 5.84. The van der Waals surface area contributed by atoms with Gasteiger partial charge in [0.05, 0.1) is 0 Å². The molecule has 4 heteroatoms. The Labute approximate surface area is 103 Å². The maximum atomic E-state index is 11.5. The summed E-state index contributed by atoms with van der Waals surface area (Å²) in [7, 11) is 0. The number of anilines is 1. The zero-order valence-corrected chi connectivity index (χ0v) is 11.4. The SMILES string of the molecule is CC(C)c1nc(NCC(C)C(C)C)cc(=O)[nH]1. The summed E-state index contributed by atoms with van der Waals surface area (Å²) in [5.74, 6) is 2.81. The lowest BCUT2D eigenvalue weighted by Gasteiger charge is -2.16. The van der Waals surface area contributed by atoms with Crippen LogP contribution in [0, 0.1) is 11.8 Å². The first-order valence-corrected chi connectivity index (χ1v) is 6.25. The molecule has 0 aliphatic heterocycles. The normalized spacial score (nSPS) is 13.1. The highest BCUT2D eigenvalue weighted by Crippen LogP contribution is 2.12. The number of hydrogen-bond donors (Lipinski definition) is 2. The lowest BCUT2D eigenvalue weighted by Crippen LogP contribution is -2.20. The van der Waals surface area contributed by atoms with Gasteiger partial charge in [-0.25, -0.2) is 4.98 Å². The average molecular weight is 237 g/mol. The van der Waals surface area contributed by atoms with Crippen LogP contribution in [0.2, 0.25) is 0 Å². The van der Waals surface area contributed by atoms with Gasteiger partial charge < -0.3 is 10.3 Å². The van der Waals surface area contributed by atoms with Gasteiger partial charge in [0.25, 0.3) is 5.56 Å². The van der Waals surface area contributed by atoms with Crippen LogP contribution in [0.4, 0.5) is 5.82 Å². The predicted molar refractivity (Wildman–Crippen MR) is 71.4 cm³/mol. The lowest BCUT2D eigenvalue weighted by molar-refractivity contribution is 0.439. The molecule has 0 aliphatic rings. The molecule has 96 valence electrons. The second-order valence-corrected chi connectivity index (χ2v) is 5.27. The fourth-order valence-corrected chi connectivity index (χ4v) is 1.34. The molecule has 17 heavy (non-hydrogen) atoms. The molecule has 0 saturated heterocycles. The summed E-state index contributed by atoms with van der Waals surface area (Å²) in [6.07, 6.45) is 0. The highest BCUT2D eigenvalue weighted by Gasteiger charge is 2.09. The number of nitrogens with zero attached hydrogens (tertiary/aromatic N) is 1. The van der Waals surface area contributed by atoms with E-state index in [1.165, 1.54) is 6.07 Å². The van der Waals surface area contributed by atoms with Gasteiger partial charge in [0.1, 0.15) is 11.6 Å². The minimum Gasteiger partial charge on any atom is -0.370 e. The third-order valence-electron chi connectivity index (χ3n) is 3.05. The van der Waals surface area contributed by atoms with Gasteiger partial charge in [-0.3, -0.25) is 4.79 Å². The first-order chi connectivity index (χ1) is 7.90. The van der Waals surface area contributed by atoms with E-state index >= 15 is 0 Å². The van der Waals surface area contributed by atoms with Crippen molar-refractivity contribution in [1.29, 1.82) is 0 Å². The van der Waals surface area contributed by atoms with E-state index < -0.39 is 0 Å². The highest BCUT2D eigenvalue weighted by molar-refractivity contribution is 5.33. The van der Waals surface area contributed by atoms with Crippen molar-refractivity contribution in [3.63, 3.8) is 0 Å². The van der Waals surface area contributed by atoms with E-state index in [1.54, 1.807) is 0 Å². The predicted octanol–water partition coefficient (Wildman–Crippen LogP) is 2.60. The van der Waals surface area contributed by atoms with E-state index in [0.717, 1.165) is 12.4 Å². The van der Waals surface area contributed by atoms with Gasteiger partial charge in [0.2, 0.25) is 0 Å². The van der Waals surface area contributed by atoms with E-state index in [1.807, 2.05) is 13.8 Å². The van der Waals surface area contributed by atoms with E-state index in [4.69, 9.17) is 0 Å². The quantitative estimate of drug-likeness (QED) is 0.827. The van der Waals surface area contributed by atoms with Crippen LogP contribution >= 0.6 is 0 Å². The van der Waals surface area contributed by atoms with Crippen molar-refractivity contribution in [2.75, 3.05) is 11.9 Å². The van der Waals surface area contributed by atoms with Crippen LogP contribution < -0.4 is 10.9 Å². The molecule has 1 heterocycles. The minimum atomic E-state index is -0.0941. The molecule has 1 aromatic rings. The third-order valence-corrected chi connectivity index (χ3v) is 3.05. The summed E-state index contributed by atoms with van der Waals surface area (Å²) < 4.78 is 0. The van der Waals surface area contributed by atoms with Crippen LogP contribution in [0.3, 0.4) is 0 Å². The summed E-state index contributed by atoms with van der Waals surface area (Å²) in [5, 5.41) is 3.23. The summed E-state index contributed by atoms with van der Waals surface area (Å²) in [4.78, 5) is 18.6. The van der Waals surface area contributed by atoms with Gasteiger partial charge in [-0.15, -0.1) is 0 Å². The van der Waals surface area contributed by atoms with E-state index in [2.05, 4.69) is 36.1 Å². The van der Waals surface area contributed by atoms with Crippen molar-refractivity contribution in [2.45, 2.75) is 40.5 Å². The monoisotopic (exact) mass is 237 g/mol. The zero-order valence-electron chi connectivity index (χ0n) is 11.4. The van der Waals surface area contributed by atoms with Crippen molar-refractivity contribution in [1.82, 2.24) is 9.97 Å². The molecule has 0 radical (unpaired) electrons. The van der Waals surface area contributed by atoms with Crippen molar-refractivity contribution in [3.8, 4) is 0 Å². The maximum Gasteiger partial charge on any atom is 0.252 e. The molecule has 4 nitrogen and oxygen atoms in total. The molecule has 0 amide bonds. The molecular formula is C13H23N3O. The molecule has 2 N–H and O–H groups in total. The first-order valence-electron chi connectivity index (χ1n) is 6.25. The largest absolute Gasteiger partial charge is 0.370 e. The Kier molecular flexibility index (Phi) is 4.73. The Morgan fingerprint density at radius 1 is 1.29 bits per heavy atom. The molecule has 0 bridgehead atoms. The molecule has 0 spiro atoms. The van der Waals surface area contributed by atoms with Crippen molar-refractivity contribution < 1.29 is 0 Å². The van der Waals surface area contributed by atoms with Crippen LogP contribution in [-0.4, -0.2) is 16.5 Å². The lowest BCUT2D eigenvalue weighted by atomic mass is 9.98. The van der Waals surface area contributed by atoms with E-state index in [0.29, 0.717) is 17.7 Å². The summed E-state index contributed by atoms with van der Waals surface area (Å²) in [6, 6.07) is 1.51. The second-order valence-electron chi connectivity index (χ2n) is 5.27. The summed E-state index contributed by atoms with van der Waals surface area (Å²) in [5.41, 5.74) is -0.0941. The van der Waals surface area contributed by atoms with Crippen LogP contribution in [-0.2, 0) is 0 Å². The third kappa shape index (κ3) is 4.21. The highest BCUT2D eigenvalue weighted by atomic mass is 16.1. The van der Waals surface area contributed by atoms with Gasteiger partial charge >= 0.3 is 0 Å². The molecule has 1 rings (SSSR count).